The lowest BCUT2D eigenvalue weighted by molar-refractivity contribution is 0.224. The molecule has 1 atom stereocenters. The van der Waals surface area contributed by atoms with Gasteiger partial charge in [0.25, 0.3) is 0 Å². The standard InChI is InChI=1S/C15H22N2OS/c1-4-13-7-8-15(19-13)14(9-16)17(3)10-12-6-5-11(2)18-12/h5-8,14H,4,9-10,16H2,1-3H3. The summed E-state index contributed by atoms with van der Waals surface area (Å²) in [6.07, 6.45) is 1.09. The Morgan fingerprint density at radius 1 is 1.32 bits per heavy atom. The van der Waals surface area contributed by atoms with Gasteiger partial charge in [-0.1, -0.05) is 6.92 Å². The highest BCUT2D eigenvalue weighted by Crippen LogP contribution is 2.28. The summed E-state index contributed by atoms with van der Waals surface area (Å²) in [4.78, 5) is 5.00. The van der Waals surface area contributed by atoms with Gasteiger partial charge in [0, 0.05) is 16.3 Å². The number of aryl methyl sites for hydroxylation is 2. The lowest BCUT2D eigenvalue weighted by atomic mass is 10.2. The van der Waals surface area contributed by atoms with Gasteiger partial charge in [-0.05, 0) is 44.7 Å². The topological polar surface area (TPSA) is 42.4 Å². The Labute approximate surface area is 119 Å². The largest absolute Gasteiger partial charge is 0.465 e. The van der Waals surface area contributed by atoms with Gasteiger partial charge in [-0.3, -0.25) is 4.90 Å². The normalized spacial score (nSPS) is 13.1. The summed E-state index contributed by atoms with van der Waals surface area (Å²) in [5.41, 5.74) is 5.95. The van der Waals surface area contributed by atoms with E-state index in [-0.39, 0.29) is 6.04 Å². The second kappa shape index (κ2) is 6.37. The van der Waals surface area contributed by atoms with Crippen molar-refractivity contribution in [3.05, 3.63) is 45.5 Å². The number of thiophene rings is 1. The van der Waals surface area contributed by atoms with Crippen molar-refractivity contribution in [2.24, 2.45) is 5.73 Å². The number of rotatable bonds is 6. The molecule has 0 aliphatic rings. The first-order valence-electron chi connectivity index (χ1n) is 6.68. The maximum Gasteiger partial charge on any atom is 0.118 e. The van der Waals surface area contributed by atoms with Crippen LogP contribution in [0.3, 0.4) is 0 Å². The van der Waals surface area contributed by atoms with Crippen molar-refractivity contribution in [3.8, 4) is 0 Å². The summed E-state index contributed by atoms with van der Waals surface area (Å²) in [6.45, 7) is 5.56. The minimum absolute atomic E-state index is 0.260. The van der Waals surface area contributed by atoms with Gasteiger partial charge in [-0.25, -0.2) is 0 Å². The molecule has 0 saturated heterocycles. The molecule has 2 N–H and O–H groups in total. The Morgan fingerprint density at radius 2 is 2.11 bits per heavy atom. The van der Waals surface area contributed by atoms with Gasteiger partial charge >= 0.3 is 0 Å². The first kappa shape index (κ1) is 14.3. The van der Waals surface area contributed by atoms with Crippen LogP contribution in [0.15, 0.2) is 28.7 Å². The van der Waals surface area contributed by atoms with Crippen LogP contribution in [0.4, 0.5) is 0 Å². The molecule has 2 rings (SSSR count). The Morgan fingerprint density at radius 3 is 2.63 bits per heavy atom. The minimum atomic E-state index is 0.260. The summed E-state index contributed by atoms with van der Waals surface area (Å²) >= 11 is 1.86. The van der Waals surface area contributed by atoms with Gasteiger partial charge in [0.2, 0.25) is 0 Å². The van der Waals surface area contributed by atoms with E-state index in [1.807, 2.05) is 30.4 Å². The summed E-state index contributed by atoms with van der Waals surface area (Å²) in [7, 11) is 2.10. The molecule has 0 amide bonds. The Bertz CT molecular complexity index is 518. The average molecular weight is 278 g/mol. The van der Waals surface area contributed by atoms with Crippen LogP contribution < -0.4 is 5.73 Å². The summed E-state index contributed by atoms with van der Waals surface area (Å²) in [5, 5.41) is 0. The third-order valence-corrected chi connectivity index (χ3v) is 4.65. The molecule has 2 heterocycles. The second-order valence-electron chi connectivity index (χ2n) is 4.84. The van der Waals surface area contributed by atoms with Crippen molar-refractivity contribution in [1.29, 1.82) is 0 Å². The number of likely N-dealkylation sites (N-methyl/N-ethyl adjacent to an activating group) is 1. The van der Waals surface area contributed by atoms with E-state index in [0.29, 0.717) is 6.54 Å². The molecule has 4 heteroatoms. The van der Waals surface area contributed by atoms with E-state index >= 15 is 0 Å². The maximum absolute atomic E-state index is 5.95. The predicted molar refractivity (Wildman–Crippen MR) is 80.4 cm³/mol. The molecule has 1 unspecified atom stereocenters. The van der Waals surface area contributed by atoms with E-state index in [4.69, 9.17) is 10.2 Å². The van der Waals surface area contributed by atoms with Crippen molar-refractivity contribution in [3.63, 3.8) is 0 Å². The molecule has 0 spiro atoms. The van der Waals surface area contributed by atoms with Gasteiger partial charge in [-0.2, -0.15) is 0 Å². The van der Waals surface area contributed by atoms with Crippen molar-refractivity contribution < 1.29 is 4.42 Å². The molecule has 3 nitrogen and oxygen atoms in total. The van der Waals surface area contributed by atoms with Crippen LogP contribution in [0, 0.1) is 6.92 Å². The summed E-state index contributed by atoms with van der Waals surface area (Å²) in [5.74, 6) is 1.95. The van der Waals surface area contributed by atoms with Gasteiger partial charge in [0.05, 0.1) is 12.6 Å². The fourth-order valence-electron chi connectivity index (χ4n) is 2.20. The molecule has 0 bridgehead atoms. The molecule has 2 aromatic heterocycles. The van der Waals surface area contributed by atoms with Gasteiger partial charge < -0.3 is 10.2 Å². The number of nitrogens with zero attached hydrogens (tertiary/aromatic N) is 1. The number of nitrogens with two attached hydrogens (primary N) is 1. The van der Waals surface area contributed by atoms with Crippen molar-refractivity contribution >= 4 is 11.3 Å². The highest BCUT2D eigenvalue weighted by Gasteiger charge is 2.18. The molecule has 19 heavy (non-hydrogen) atoms. The zero-order chi connectivity index (χ0) is 13.8. The molecule has 0 radical (unpaired) electrons. The first-order chi connectivity index (χ1) is 9.13. The lowest BCUT2D eigenvalue weighted by Crippen LogP contribution is -2.29. The number of furan rings is 1. The van der Waals surface area contributed by atoms with Gasteiger partial charge in [0.1, 0.15) is 11.5 Å². The highest BCUT2D eigenvalue weighted by atomic mass is 32.1. The molecule has 0 aliphatic carbocycles. The first-order valence-corrected chi connectivity index (χ1v) is 7.50. The maximum atomic E-state index is 5.95. The zero-order valence-corrected chi connectivity index (χ0v) is 12.7. The van der Waals surface area contributed by atoms with E-state index in [2.05, 4.69) is 31.0 Å². The SMILES string of the molecule is CCc1ccc(C(CN)N(C)Cc2ccc(C)o2)s1. The highest BCUT2D eigenvalue weighted by molar-refractivity contribution is 7.12. The smallest absolute Gasteiger partial charge is 0.118 e. The van der Waals surface area contributed by atoms with Crippen molar-refractivity contribution in [2.45, 2.75) is 32.9 Å². The minimum Gasteiger partial charge on any atom is -0.465 e. The third-order valence-electron chi connectivity index (χ3n) is 3.32. The molecule has 104 valence electrons. The zero-order valence-electron chi connectivity index (χ0n) is 11.8. The molecule has 2 aromatic rings. The van der Waals surface area contributed by atoms with Crippen LogP contribution in [0.5, 0.6) is 0 Å². The number of hydrogen-bond donors (Lipinski definition) is 1. The van der Waals surface area contributed by atoms with Crippen molar-refractivity contribution in [2.75, 3.05) is 13.6 Å². The summed E-state index contributed by atoms with van der Waals surface area (Å²) < 4.78 is 5.63. The van der Waals surface area contributed by atoms with E-state index in [0.717, 1.165) is 24.5 Å². The lowest BCUT2D eigenvalue weighted by Gasteiger charge is -2.25. The van der Waals surface area contributed by atoms with E-state index in [1.165, 1.54) is 9.75 Å². The number of hydrogen-bond acceptors (Lipinski definition) is 4. The van der Waals surface area contributed by atoms with E-state index < -0.39 is 0 Å². The van der Waals surface area contributed by atoms with E-state index in [1.54, 1.807) is 0 Å². The van der Waals surface area contributed by atoms with Crippen LogP contribution in [0.2, 0.25) is 0 Å². The van der Waals surface area contributed by atoms with Crippen LogP contribution in [0.1, 0.15) is 34.2 Å². The molecular weight excluding hydrogens is 256 g/mol. The fraction of sp³-hybridized carbons (Fsp3) is 0.467. The predicted octanol–water partition coefficient (Wildman–Crippen LogP) is 3.34. The van der Waals surface area contributed by atoms with Crippen LogP contribution >= 0.6 is 11.3 Å². The molecular formula is C15H22N2OS. The quantitative estimate of drug-likeness (QED) is 0.881. The second-order valence-corrected chi connectivity index (χ2v) is 6.04. The molecule has 0 saturated carbocycles. The Hall–Kier alpha value is -1.10. The van der Waals surface area contributed by atoms with E-state index in [9.17, 15) is 0 Å². The average Bonchev–Trinajstić information content (AvgIpc) is 3.00. The Kier molecular flexibility index (Phi) is 4.80. The molecule has 0 fully saturated rings. The van der Waals surface area contributed by atoms with Crippen LogP contribution in [0.25, 0.3) is 0 Å². The van der Waals surface area contributed by atoms with Gasteiger partial charge in [0.15, 0.2) is 0 Å². The molecule has 0 aromatic carbocycles. The van der Waals surface area contributed by atoms with Gasteiger partial charge in [-0.15, -0.1) is 11.3 Å². The van der Waals surface area contributed by atoms with Crippen LogP contribution in [-0.4, -0.2) is 18.5 Å². The van der Waals surface area contributed by atoms with Crippen molar-refractivity contribution in [1.82, 2.24) is 4.90 Å². The fourth-order valence-corrected chi connectivity index (χ4v) is 3.33. The Balaban J connectivity index is 2.08. The molecule has 0 aliphatic heterocycles. The monoisotopic (exact) mass is 278 g/mol. The summed E-state index contributed by atoms with van der Waals surface area (Å²) in [6, 6.07) is 8.70. The van der Waals surface area contributed by atoms with Crippen LogP contribution in [-0.2, 0) is 13.0 Å². The third kappa shape index (κ3) is 3.47.